The van der Waals surface area contributed by atoms with Gasteiger partial charge in [0.1, 0.15) is 0 Å². The molecule has 0 fully saturated rings. The van der Waals surface area contributed by atoms with Gasteiger partial charge in [-0.05, 0) is 49.2 Å². The molecule has 8 heteroatoms. The number of anilines is 2. The molecule has 2 N–H and O–H groups in total. The Bertz CT molecular complexity index is 1030. The first-order chi connectivity index (χ1) is 13.8. The van der Waals surface area contributed by atoms with E-state index in [0.29, 0.717) is 23.5 Å². The fourth-order valence-corrected chi connectivity index (χ4v) is 5.37. The minimum Gasteiger partial charge on any atom is -0.326 e. The number of fused-ring (bicyclic) bond motifs is 1. The van der Waals surface area contributed by atoms with E-state index >= 15 is 0 Å². The number of amides is 2. The normalized spacial score (nSPS) is 15.0. The van der Waals surface area contributed by atoms with E-state index in [1.807, 2.05) is 25.1 Å². The Kier molecular flexibility index (Phi) is 6.64. The van der Waals surface area contributed by atoms with E-state index in [1.54, 1.807) is 12.1 Å². The van der Waals surface area contributed by atoms with Gasteiger partial charge in [-0.25, -0.2) is 8.42 Å². The smallest absolute Gasteiger partial charge is 0.225 e. The third-order valence-electron chi connectivity index (χ3n) is 4.76. The van der Waals surface area contributed by atoms with E-state index in [4.69, 9.17) is 0 Å². The van der Waals surface area contributed by atoms with Gasteiger partial charge in [0.25, 0.3) is 0 Å². The number of rotatable bonds is 6. The average molecular weight is 433 g/mol. The summed E-state index contributed by atoms with van der Waals surface area (Å²) in [6.07, 6.45) is 1.08. The molecule has 0 saturated carbocycles. The largest absolute Gasteiger partial charge is 0.326 e. The summed E-state index contributed by atoms with van der Waals surface area (Å²) >= 11 is 1.51. The Morgan fingerprint density at radius 1 is 1.24 bits per heavy atom. The number of thioether (sulfide) groups is 1. The van der Waals surface area contributed by atoms with Gasteiger partial charge in [0.2, 0.25) is 11.8 Å². The summed E-state index contributed by atoms with van der Waals surface area (Å²) < 4.78 is 25.9. The Morgan fingerprint density at radius 3 is 2.79 bits per heavy atom. The number of benzene rings is 2. The lowest BCUT2D eigenvalue weighted by atomic mass is 10.1. The van der Waals surface area contributed by atoms with Gasteiger partial charge in [-0.15, -0.1) is 11.8 Å². The third-order valence-corrected chi connectivity index (χ3v) is 7.97. The van der Waals surface area contributed by atoms with E-state index in [0.717, 1.165) is 16.9 Å². The molecule has 29 heavy (non-hydrogen) atoms. The van der Waals surface area contributed by atoms with E-state index in [-0.39, 0.29) is 23.1 Å². The standard InChI is InChI=1S/C21H24N2O4S2/c1-3-15-5-4-6-16(12-15)22-21(25)11-14(2)29(26,27)17-7-8-19-18(13-17)23-20(24)9-10-28-19/h4-8,12-14H,3,9-11H2,1-2H3,(H,22,25)(H,23,24)/t14-/m1/s1. The monoisotopic (exact) mass is 432 g/mol. The van der Waals surface area contributed by atoms with Gasteiger partial charge in [-0.1, -0.05) is 19.1 Å². The molecule has 0 radical (unpaired) electrons. The maximum Gasteiger partial charge on any atom is 0.225 e. The quantitative estimate of drug-likeness (QED) is 0.723. The van der Waals surface area contributed by atoms with Crippen molar-refractivity contribution in [2.75, 3.05) is 16.4 Å². The lowest BCUT2D eigenvalue weighted by Gasteiger charge is -2.15. The van der Waals surface area contributed by atoms with Gasteiger partial charge in [-0.2, -0.15) is 0 Å². The summed E-state index contributed by atoms with van der Waals surface area (Å²) in [7, 11) is -3.72. The Morgan fingerprint density at radius 2 is 2.03 bits per heavy atom. The molecule has 0 saturated heterocycles. The molecule has 0 aromatic heterocycles. The van der Waals surface area contributed by atoms with Crippen molar-refractivity contribution in [3.63, 3.8) is 0 Å². The van der Waals surface area contributed by atoms with E-state index < -0.39 is 15.1 Å². The fourth-order valence-electron chi connectivity index (χ4n) is 3.06. The molecule has 2 amide bonds. The first-order valence-electron chi connectivity index (χ1n) is 9.49. The van der Waals surface area contributed by atoms with Crippen LogP contribution < -0.4 is 10.6 Å². The molecule has 1 aliphatic rings. The molecule has 6 nitrogen and oxygen atoms in total. The van der Waals surface area contributed by atoms with Crippen molar-refractivity contribution < 1.29 is 18.0 Å². The van der Waals surface area contributed by atoms with Gasteiger partial charge < -0.3 is 10.6 Å². The summed E-state index contributed by atoms with van der Waals surface area (Å²) in [4.78, 5) is 25.1. The van der Waals surface area contributed by atoms with Crippen LogP contribution in [0, 0.1) is 0 Å². The van der Waals surface area contributed by atoms with Crippen LogP contribution >= 0.6 is 11.8 Å². The molecular formula is C21H24N2O4S2. The highest BCUT2D eigenvalue weighted by molar-refractivity contribution is 7.99. The third kappa shape index (κ3) is 5.19. The van der Waals surface area contributed by atoms with E-state index in [2.05, 4.69) is 10.6 Å². The van der Waals surface area contributed by atoms with Crippen LogP contribution in [0.2, 0.25) is 0 Å². The van der Waals surface area contributed by atoms with Gasteiger partial charge in [0, 0.05) is 29.2 Å². The second-order valence-corrected chi connectivity index (χ2v) is 10.5. The first-order valence-corrected chi connectivity index (χ1v) is 12.0. The van der Waals surface area contributed by atoms with Crippen molar-refractivity contribution >= 4 is 44.8 Å². The van der Waals surface area contributed by atoms with Crippen molar-refractivity contribution in [2.45, 2.75) is 48.2 Å². The predicted molar refractivity (Wildman–Crippen MR) is 116 cm³/mol. The SMILES string of the molecule is CCc1cccc(NC(=O)C[C@@H](C)S(=O)(=O)c2ccc3c(c2)NC(=O)CCS3)c1. The molecule has 0 aliphatic carbocycles. The van der Waals surface area contributed by atoms with Gasteiger partial charge >= 0.3 is 0 Å². The summed E-state index contributed by atoms with van der Waals surface area (Å²) in [5.41, 5.74) is 2.25. The fraction of sp³-hybridized carbons (Fsp3) is 0.333. The lowest BCUT2D eigenvalue weighted by Crippen LogP contribution is -2.25. The maximum absolute atomic E-state index is 13.0. The lowest BCUT2D eigenvalue weighted by molar-refractivity contribution is -0.116. The average Bonchev–Trinajstić information content (AvgIpc) is 2.87. The second-order valence-electron chi connectivity index (χ2n) is 6.97. The molecule has 0 unspecified atom stereocenters. The first kappa shape index (κ1) is 21.4. The second kappa shape index (κ2) is 9.00. The van der Waals surface area contributed by atoms with E-state index in [1.165, 1.54) is 30.8 Å². The van der Waals surface area contributed by atoms with E-state index in [9.17, 15) is 18.0 Å². The highest BCUT2D eigenvalue weighted by Crippen LogP contribution is 2.33. The predicted octanol–water partition coefficient (Wildman–Crippen LogP) is 3.87. The maximum atomic E-state index is 13.0. The van der Waals surface area contributed by atoms with Crippen LogP contribution in [-0.4, -0.2) is 31.2 Å². The Labute approximate surface area is 175 Å². The molecule has 2 aromatic carbocycles. The van der Waals surface area contributed by atoms with Crippen molar-refractivity contribution in [2.24, 2.45) is 0 Å². The van der Waals surface area contributed by atoms with Crippen LogP contribution in [0.25, 0.3) is 0 Å². The summed E-state index contributed by atoms with van der Waals surface area (Å²) in [6, 6.07) is 12.2. The number of aryl methyl sites for hydroxylation is 1. The molecule has 0 spiro atoms. The number of hydrogen-bond acceptors (Lipinski definition) is 5. The Hall–Kier alpha value is -2.32. The molecule has 154 valence electrons. The van der Waals surface area contributed by atoms with Crippen LogP contribution in [-0.2, 0) is 25.8 Å². The number of nitrogens with one attached hydrogen (secondary N) is 2. The van der Waals surface area contributed by atoms with Crippen LogP contribution in [0.15, 0.2) is 52.3 Å². The molecule has 1 heterocycles. The molecule has 2 aromatic rings. The summed E-state index contributed by atoms with van der Waals surface area (Å²) in [5.74, 6) is 0.168. The van der Waals surface area contributed by atoms with Gasteiger partial charge in [-0.3, -0.25) is 9.59 Å². The molecule has 1 aliphatic heterocycles. The highest BCUT2D eigenvalue weighted by atomic mass is 32.2. The zero-order chi connectivity index (χ0) is 21.0. The van der Waals surface area contributed by atoms with Crippen LogP contribution in [0.1, 0.15) is 32.3 Å². The van der Waals surface area contributed by atoms with Gasteiger partial charge in [0.05, 0.1) is 15.8 Å². The number of sulfone groups is 1. The van der Waals surface area contributed by atoms with Crippen molar-refractivity contribution in [3.05, 3.63) is 48.0 Å². The topological polar surface area (TPSA) is 92.3 Å². The highest BCUT2D eigenvalue weighted by Gasteiger charge is 2.27. The van der Waals surface area contributed by atoms with Crippen LogP contribution in [0.4, 0.5) is 11.4 Å². The van der Waals surface area contributed by atoms with Crippen molar-refractivity contribution in [1.29, 1.82) is 0 Å². The van der Waals surface area contributed by atoms with Crippen LogP contribution in [0.5, 0.6) is 0 Å². The van der Waals surface area contributed by atoms with Crippen LogP contribution in [0.3, 0.4) is 0 Å². The minimum atomic E-state index is -3.72. The number of hydrogen-bond donors (Lipinski definition) is 2. The zero-order valence-corrected chi connectivity index (χ0v) is 18.0. The molecule has 0 bridgehead atoms. The summed E-state index contributed by atoms with van der Waals surface area (Å²) in [5, 5.41) is 4.63. The molecule has 3 rings (SSSR count). The minimum absolute atomic E-state index is 0.104. The molecular weight excluding hydrogens is 408 g/mol. The zero-order valence-electron chi connectivity index (χ0n) is 16.4. The number of carbonyl (C=O) groups excluding carboxylic acids is 2. The van der Waals surface area contributed by atoms with Crippen molar-refractivity contribution in [3.8, 4) is 0 Å². The molecule has 1 atom stereocenters. The van der Waals surface area contributed by atoms with Crippen molar-refractivity contribution in [1.82, 2.24) is 0 Å². The number of carbonyl (C=O) groups is 2. The summed E-state index contributed by atoms with van der Waals surface area (Å²) in [6.45, 7) is 3.55. The van der Waals surface area contributed by atoms with Gasteiger partial charge in [0.15, 0.2) is 9.84 Å². The Balaban J connectivity index is 1.73.